The highest BCUT2D eigenvalue weighted by Crippen LogP contribution is 2.26. The molecule has 0 fully saturated rings. The number of aryl methyl sites for hydroxylation is 2. The van der Waals surface area contributed by atoms with Crippen molar-refractivity contribution >= 4 is 22.4 Å². The minimum absolute atomic E-state index is 0.294. The number of ether oxygens (including phenoxy) is 1. The van der Waals surface area contributed by atoms with Crippen molar-refractivity contribution in [2.45, 2.75) is 20.5 Å². The first-order valence-corrected chi connectivity index (χ1v) is 10.0. The lowest BCUT2D eigenvalue weighted by Gasteiger charge is -2.08. The van der Waals surface area contributed by atoms with Gasteiger partial charge in [-0.3, -0.25) is 10.1 Å². The molecule has 0 aliphatic heterocycles. The van der Waals surface area contributed by atoms with Crippen molar-refractivity contribution in [3.8, 4) is 17.0 Å². The number of halogens is 1. The topological polar surface area (TPSA) is 77.2 Å². The first-order valence-electron chi connectivity index (χ1n) is 9.17. The van der Waals surface area contributed by atoms with Crippen molar-refractivity contribution in [1.82, 2.24) is 10.1 Å². The van der Waals surface area contributed by atoms with E-state index in [1.807, 2.05) is 19.2 Å². The smallest absolute Gasteiger partial charge is 0.257 e. The maximum Gasteiger partial charge on any atom is 0.257 e. The van der Waals surface area contributed by atoms with Gasteiger partial charge in [0.05, 0.1) is 17.0 Å². The highest BCUT2D eigenvalue weighted by atomic mass is 32.1. The van der Waals surface area contributed by atoms with Crippen LogP contribution < -0.4 is 10.1 Å². The molecule has 0 atom stereocenters. The second-order valence-corrected chi connectivity index (χ2v) is 7.48. The van der Waals surface area contributed by atoms with E-state index in [4.69, 9.17) is 9.26 Å². The monoisotopic (exact) mass is 423 g/mol. The lowest BCUT2D eigenvalue weighted by molar-refractivity contribution is 0.102. The second-order valence-electron chi connectivity index (χ2n) is 6.62. The first-order chi connectivity index (χ1) is 14.5. The maximum absolute atomic E-state index is 13.1. The summed E-state index contributed by atoms with van der Waals surface area (Å²) in [5.41, 5.74) is 3.57. The first kappa shape index (κ1) is 19.8. The normalized spacial score (nSPS) is 10.8. The van der Waals surface area contributed by atoms with Gasteiger partial charge in [0.25, 0.3) is 5.91 Å². The molecule has 0 unspecified atom stereocenters. The second kappa shape index (κ2) is 8.46. The SMILES string of the molecule is Cc1noc(C)c1COc1cccc(C(=O)Nc2nc(-c3ccc(F)cc3)cs2)c1. The van der Waals surface area contributed by atoms with Gasteiger partial charge < -0.3 is 9.26 Å². The number of benzene rings is 2. The van der Waals surface area contributed by atoms with Crippen molar-refractivity contribution in [3.63, 3.8) is 0 Å². The molecule has 30 heavy (non-hydrogen) atoms. The van der Waals surface area contributed by atoms with Gasteiger partial charge in [0, 0.05) is 16.5 Å². The third-order valence-electron chi connectivity index (χ3n) is 4.53. The van der Waals surface area contributed by atoms with E-state index in [2.05, 4.69) is 15.5 Å². The number of nitrogens with zero attached hydrogens (tertiary/aromatic N) is 2. The number of rotatable bonds is 6. The molecule has 0 spiro atoms. The van der Waals surface area contributed by atoms with E-state index in [0.717, 1.165) is 16.8 Å². The van der Waals surface area contributed by atoms with Gasteiger partial charge in [-0.15, -0.1) is 11.3 Å². The number of carbonyl (C=O) groups is 1. The Morgan fingerprint density at radius 2 is 2.00 bits per heavy atom. The lowest BCUT2D eigenvalue weighted by Crippen LogP contribution is -2.11. The van der Waals surface area contributed by atoms with Crippen molar-refractivity contribution in [3.05, 3.63) is 82.3 Å². The number of thiazole rings is 1. The highest BCUT2D eigenvalue weighted by Gasteiger charge is 2.13. The van der Waals surface area contributed by atoms with Crippen LogP contribution in [0.1, 0.15) is 27.4 Å². The Kier molecular flexibility index (Phi) is 5.58. The molecule has 0 aliphatic rings. The van der Waals surface area contributed by atoms with Crippen LogP contribution in [0.15, 0.2) is 58.4 Å². The number of aromatic nitrogens is 2. The van der Waals surface area contributed by atoms with Gasteiger partial charge in [-0.05, 0) is 56.3 Å². The van der Waals surface area contributed by atoms with Crippen LogP contribution >= 0.6 is 11.3 Å². The van der Waals surface area contributed by atoms with E-state index < -0.39 is 0 Å². The molecule has 2 aromatic heterocycles. The average molecular weight is 423 g/mol. The Labute approximate surface area is 176 Å². The van der Waals surface area contributed by atoms with Crippen LogP contribution in [0.3, 0.4) is 0 Å². The van der Waals surface area contributed by atoms with Gasteiger partial charge in [0.15, 0.2) is 5.13 Å². The van der Waals surface area contributed by atoms with Gasteiger partial charge in [0.2, 0.25) is 0 Å². The molecule has 0 saturated carbocycles. The summed E-state index contributed by atoms with van der Waals surface area (Å²) < 4.78 is 24.0. The predicted molar refractivity (Wildman–Crippen MR) is 112 cm³/mol. The summed E-state index contributed by atoms with van der Waals surface area (Å²) in [5.74, 6) is 0.674. The van der Waals surface area contributed by atoms with Crippen LogP contribution in [0.4, 0.5) is 9.52 Å². The predicted octanol–water partition coefficient (Wildman–Crippen LogP) is 5.39. The number of hydrogen-bond acceptors (Lipinski definition) is 6. The minimum atomic E-state index is -0.307. The maximum atomic E-state index is 13.1. The van der Waals surface area contributed by atoms with E-state index in [-0.39, 0.29) is 11.7 Å². The summed E-state index contributed by atoms with van der Waals surface area (Å²) in [4.78, 5) is 17.0. The van der Waals surface area contributed by atoms with Crippen molar-refractivity contribution in [2.24, 2.45) is 0 Å². The molecule has 8 heteroatoms. The average Bonchev–Trinajstić information content (AvgIpc) is 3.34. The lowest BCUT2D eigenvalue weighted by atomic mass is 10.2. The molecule has 1 N–H and O–H groups in total. The summed E-state index contributed by atoms with van der Waals surface area (Å²) in [5, 5.41) is 8.97. The Morgan fingerprint density at radius 1 is 1.20 bits per heavy atom. The van der Waals surface area contributed by atoms with E-state index >= 15 is 0 Å². The molecular formula is C22H18FN3O3S. The van der Waals surface area contributed by atoms with Gasteiger partial charge in [-0.1, -0.05) is 11.2 Å². The molecule has 4 rings (SSSR count). The quantitative estimate of drug-likeness (QED) is 0.450. The Morgan fingerprint density at radius 3 is 2.73 bits per heavy atom. The van der Waals surface area contributed by atoms with E-state index in [9.17, 15) is 9.18 Å². The standard InChI is InChI=1S/C22H18FN3O3S/c1-13-19(14(2)29-26-13)11-28-18-5-3-4-16(10-18)21(27)25-22-24-20(12-30-22)15-6-8-17(23)9-7-15/h3-10,12H,11H2,1-2H3,(H,24,25,27). The largest absolute Gasteiger partial charge is 0.489 e. The molecule has 0 bridgehead atoms. The number of anilines is 1. The van der Waals surface area contributed by atoms with Crippen molar-refractivity contribution < 1.29 is 18.4 Å². The van der Waals surface area contributed by atoms with E-state index in [1.165, 1.54) is 23.5 Å². The summed E-state index contributed by atoms with van der Waals surface area (Å²) in [6, 6.07) is 13.0. The zero-order chi connectivity index (χ0) is 21.1. The third kappa shape index (κ3) is 4.38. The van der Waals surface area contributed by atoms with Crippen LogP contribution in [-0.2, 0) is 6.61 Å². The van der Waals surface area contributed by atoms with Crippen molar-refractivity contribution in [2.75, 3.05) is 5.32 Å². The summed E-state index contributed by atoms with van der Waals surface area (Å²) >= 11 is 1.30. The fourth-order valence-corrected chi connectivity index (χ4v) is 3.56. The van der Waals surface area contributed by atoms with Gasteiger partial charge in [0.1, 0.15) is 23.9 Å². The summed E-state index contributed by atoms with van der Waals surface area (Å²) in [6.07, 6.45) is 0. The fourth-order valence-electron chi connectivity index (χ4n) is 2.84. The molecule has 152 valence electrons. The minimum Gasteiger partial charge on any atom is -0.489 e. The van der Waals surface area contributed by atoms with Gasteiger partial charge in [-0.25, -0.2) is 9.37 Å². The Bertz CT molecular complexity index is 1170. The molecule has 6 nitrogen and oxygen atoms in total. The molecule has 0 saturated heterocycles. The molecule has 2 heterocycles. The van der Waals surface area contributed by atoms with Crippen LogP contribution in [0.2, 0.25) is 0 Å². The number of nitrogens with one attached hydrogen (secondary N) is 1. The Balaban J connectivity index is 1.43. The van der Waals surface area contributed by atoms with Gasteiger partial charge in [-0.2, -0.15) is 0 Å². The molecule has 1 amide bonds. The number of amides is 1. The fraction of sp³-hybridized carbons (Fsp3) is 0.136. The van der Waals surface area contributed by atoms with E-state index in [1.54, 1.807) is 36.4 Å². The summed E-state index contributed by atoms with van der Waals surface area (Å²) in [6.45, 7) is 3.99. The van der Waals surface area contributed by atoms with Gasteiger partial charge >= 0.3 is 0 Å². The zero-order valence-corrected chi connectivity index (χ0v) is 17.1. The molecule has 4 aromatic rings. The number of hydrogen-bond donors (Lipinski definition) is 1. The third-order valence-corrected chi connectivity index (χ3v) is 5.28. The molecular weight excluding hydrogens is 405 g/mol. The molecule has 2 aromatic carbocycles. The van der Waals surface area contributed by atoms with Crippen LogP contribution in [0, 0.1) is 19.7 Å². The molecule has 0 radical (unpaired) electrons. The zero-order valence-electron chi connectivity index (χ0n) is 16.3. The number of carbonyl (C=O) groups excluding carboxylic acids is 1. The summed E-state index contributed by atoms with van der Waals surface area (Å²) in [7, 11) is 0. The van der Waals surface area contributed by atoms with Crippen LogP contribution in [0.5, 0.6) is 5.75 Å². The Hall–Kier alpha value is -3.52. The molecule has 0 aliphatic carbocycles. The van der Waals surface area contributed by atoms with Crippen LogP contribution in [-0.4, -0.2) is 16.0 Å². The van der Waals surface area contributed by atoms with E-state index in [0.29, 0.717) is 34.5 Å². The van der Waals surface area contributed by atoms with Crippen LogP contribution in [0.25, 0.3) is 11.3 Å². The highest BCUT2D eigenvalue weighted by molar-refractivity contribution is 7.14. The van der Waals surface area contributed by atoms with Crippen molar-refractivity contribution in [1.29, 1.82) is 0 Å².